The van der Waals surface area contributed by atoms with Gasteiger partial charge in [0.2, 0.25) is 27.8 Å². The van der Waals surface area contributed by atoms with Crippen LogP contribution in [0.1, 0.15) is 67.6 Å². The van der Waals surface area contributed by atoms with Gasteiger partial charge in [0.15, 0.2) is 0 Å². The van der Waals surface area contributed by atoms with Crippen LogP contribution in [0.15, 0.2) is 59.2 Å². The minimum Gasteiger partial charge on any atom is -0.494 e. The number of benzene rings is 3. The molecule has 15 nitrogen and oxygen atoms in total. The minimum atomic E-state index is -3.44. The van der Waals surface area contributed by atoms with Gasteiger partial charge in [0, 0.05) is 101 Å². The Bertz CT molecular complexity index is 2560. The molecular formula is C48H60BrFN10O5S. The fourth-order valence-electron chi connectivity index (χ4n) is 10.6. The van der Waals surface area contributed by atoms with E-state index in [2.05, 4.69) is 75.5 Å². The third kappa shape index (κ3) is 10.1. The Labute approximate surface area is 395 Å². The standard InChI is InChI=1S/C48H60BrFN10O5S/c1-31-27-41(53-48-51-30-38(49)46(55-48)52-40-6-4-5-33-14-22-60(45(33)40)66(3,63)64)43(65-2)29-42(31)59-20-15-34(16-21-59)58-25-23-56(24-26-58)17-11-32-12-18-57(19-13-32)35-7-8-36(39(50)28-35)37-9-10-44(61)54-47(37)62/h4-8,27-30,32,34,37H,9-26H2,1-3H3,(H,54,61,62)(H2,51,52,53,55). The van der Waals surface area contributed by atoms with Crippen LogP contribution in [0.2, 0.25) is 0 Å². The monoisotopic (exact) mass is 986 g/mol. The second kappa shape index (κ2) is 19.7. The highest BCUT2D eigenvalue weighted by Gasteiger charge is 2.33. The van der Waals surface area contributed by atoms with Crippen molar-refractivity contribution in [3.8, 4) is 5.75 Å². The molecule has 0 aliphatic carbocycles. The van der Waals surface area contributed by atoms with Crippen LogP contribution in [0.25, 0.3) is 0 Å². The van der Waals surface area contributed by atoms with Gasteiger partial charge >= 0.3 is 0 Å². The third-order valence-corrected chi connectivity index (χ3v) is 16.0. The predicted molar refractivity (Wildman–Crippen MR) is 261 cm³/mol. The number of amides is 2. The number of piperidine rings is 3. The number of piperazine rings is 1. The Morgan fingerprint density at radius 3 is 2.35 bits per heavy atom. The lowest BCUT2D eigenvalue weighted by Gasteiger charge is -2.44. The van der Waals surface area contributed by atoms with Gasteiger partial charge in [-0.15, -0.1) is 0 Å². The number of carbonyl (C=O) groups is 2. The van der Waals surface area contributed by atoms with Crippen LogP contribution in [0.3, 0.4) is 0 Å². The number of imide groups is 1. The van der Waals surface area contributed by atoms with E-state index in [0.717, 1.165) is 113 Å². The topological polar surface area (TPSA) is 156 Å². The molecular weight excluding hydrogens is 928 g/mol. The van der Waals surface area contributed by atoms with Gasteiger partial charge in [-0.3, -0.25) is 24.1 Å². The zero-order valence-corrected chi connectivity index (χ0v) is 40.4. The molecule has 4 saturated heterocycles. The van der Waals surface area contributed by atoms with Gasteiger partial charge < -0.3 is 30.1 Å². The Morgan fingerprint density at radius 1 is 0.879 bits per heavy atom. The molecule has 1 atom stereocenters. The van der Waals surface area contributed by atoms with E-state index in [9.17, 15) is 18.0 Å². The summed E-state index contributed by atoms with van der Waals surface area (Å²) in [5.41, 5.74) is 6.54. The number of halogens is 2. The SMILES string of the molecule is COc1cc(N2CCC(N3CCN(CCC4CCN(c5ccc(C6CCC(=O)NC6=O)c(F)c5)CC4)CC3)CC2)c(C)cc1Nc1ncc(Br)c(Nc2cccc3c2N(S(C)(=O)=O)CC3)n1. The van der Waals surface area contributed by atoms with E-state index < -0.39 is 21.8 Å². The van der Waals surface area contributed by atoms with Gasteiger partial charge in [0.25, 0.3) is 0 Å². The maximum absolute atomic E-state index is 15.2. The summed E-state index contributed by atoms with van der Waals surface area (Å²) in [6.45, 7) is 11.8. The summed E-state index contributed by atoms with van der Waals surface area (Å²) in [5.74, 6) is 0.536. The fourth-order valence-corrected chi connectivity index (χ4v) is 11.8. The van der Waals surface area contributed by atoms with Crippen molar-refractivity contribution in [2.45, 2.75) is 70.3 Å². The molecule has 66 heavy (non-hydrogen) atoms. The number of hydrogen-bond acceptors (Lipinski definition) is 13. The van der Waals surface area contributed by atoms with Crippen molar-refractivity contribution in [2.75, 3.05) is 104 Å². The number of hydrogen-bond donors (Lipinski definition) is 3. The second-order valence-electron chi connectivity index (χ2n) is 18.4. The van der Waals surface area contributed by atoms with Crippen LogP contribution in [0, 0.1) is 18.7 Å². The molecule has 352 valence electrons. The van der Waals surface area contributed by atoms with Gasteiger partial charge in [-0.25, -0.2) is 17.8 Å². The average Bonchev–Trinajstić information content (AvgIpc) is 3.77. The minimum absolute atomic E-state index is 0.236. The number of sulfonamides is 1. The fraction of sp³-hybridized carbons (Fsp3) is 0.500. The average molecular weight is 988 g/mol. The number of nitrogens with zero attached hydrogens (tertiary/aromatic N) is 7. The Hall–Kier alpha value is -5.04. The summed E-state index contributed by atoms with van der Waals surface area (Å²) in [4.78, 5) is 43.2. The number of carbonyl (C=O) groups excluding carboxylic acids is 2. The first-order valence-corrected chi connectivity index (χ1v) is 25.9. The Kier molecular flexibility index (Phi) is 13.7. The maximum Gasteiger partial charge on any atom is 0.234 e. The van der Waals surface area contributed by atoms with Gasteiger partial charge in [-0.2, -0.15) is 4.98 Å². The van der Waals surface area contributed by atoms with Crippen LogP contribution in [0.4, 0.5) is 44.6 Å². The lowest BCUT2D eigenvalue weighted by Crippen LogP contribution is -2.53. The van der Waals surface area contributed by atoms with Gasteiger partial charge in [0.1, 0.15) is 17.4 Å². The summed E-state index contributed by atoms with van der Waals surface area (Å²) in [6.07, 6.45) is 9.71. The Balaban J connectivity index is 0.728. The smallest absolute Gasteiger partial charge is 0.234 e. The van der Waals surface area contributed by atoms with E-state index in [-0.39, 0.29) is 18.1 Å². The molecule has 4 fully saturated rings. The summed E-state index contributed by atoms with van der Waals surface area (Å²) < 4.78 is 48.3. The Morgan fingerprint density at radius 2 is 1.64 bits per heavy atom. The third-order valence-electron chi connectivity index (χ3n) is 14.3. The first kappa shape index (κ1) is 46.1. The largest absolute Gasteiger partial charge is 0.494 e. The van der Waals surface area contributed by atoms with Gasteiger partial charge in [0.05, 0.1) is 40.8 Å². The molecule has 9 rings (SSSR count). The van der Waals surface area contributed by atoms with E-state index >= 15 is 4.39 Å². The molecule has 18 heteroatoms. The van der Waals surface area contributed by atoms with Crippen LogP contribution >= 0.6 is 15.9 Å². The second-order valence-corrected chi connectivity index (χ2v) is 21.2. The molecule has 0 bridgehead atoms. The van der Waals surface area contributed by atoms with Crippen molar-refractivity contribution in [1.29, 1.82) is 0 Å². The molecule has 6 heterocycles. The highest BCUT2D eigenvalue weighted by atomic mass is 79.9. The predicted octanol–water partition coefficient (Wildman–Crippen LogP) is 6.92. The highest BCUT2D eigenvalue weighted by molar-refractivity contribution is 9.10. The molecule has 3 N–H and O–H groups in total. The van der Waals surface area contributed by atoms with Crippen molar-refractivity contribution in [2.24, 2.45) is 5.92 Å². The highest BCUT2D eigenvalue weighted by Crippen LogP contribution is 2.41. The molecule has 0 radical (unpaired) electrons. The molecule has 5 aliphatic heterocycles. The number of anilines is 7. The zero-order chi connectivity index (χ0) is 46.1. The van der Waals surface area contributed by atoms with E-state index in [1.54, 1.807) is 25.4 Å². The number of fused-ring (bicyclic) bond motifs is 1. The molecule has 3 aromatic carbocycles. The number of para-hydroxylation sites is 1. The molecule has 1 unspecified atom stereocenters. The van der Waals surface area contributed by atoms with Crippen LogP contribution in [-0.2, 0) is 26.0 Å². The molecule has 4 aromatic rings. The number of aromatic nitrogens is 2. The van der Waals surface area contributed by atoms with E-state index in [1.807, 2.05) is 24.3 Å². The van der Waals surface area contributed by atoms with Gasteiger partial charge in [-0.1, -0.05) is 18.2 Å². The van der Waals surface area contributed by atoms with Crippen molar-refractivity contribution < 1.29 is 27.1 Å². The number of ether oxygens (including phenoxy) is 1. The number of aryl methyl sites for hydroxylation is 1. The van der Waals surface area contributed by atoms with Gasteiger partial charge in [-0.05, 0) is 116 Å². The van der Waals surface area contributed by atoms with Crippen LogP contribution in [-0.4, -0.2) is 125 Å². The van der Waals surface area contributed by atoms with Crippen LogP contribution < -0.4 is 34.8 Å². The summed E-state index contributed by atoms with van der Waals surface area (Å²) >= 11 is 3.57. The molecule has 5 aliphatic rings. The molecule has 2 amide bonds. The maximum atomic E-state index is 15.2. The van der Waals surface area contributed by atoms with E-state index in [0.29, 0.717) is 70.3 Å². The van der Waals surface area contributed by atoms with Crippen molar-refractivity contribution in [1.82, 2.24) is 25.1 Å². The normalized spacial score (nSPS) is 20.4. The zero-order valence-electron chi connectivity index (χ0n) is 38.0. The first-order chi connectivity index (χ1) is 31.8. The van der Waals surface area contributed by atoms with Crippen molar-refractivity contribution >= 4 is 78.0 Å². The van der Waals surface area contributed by atoms with Crippen LogP contribution in [0.5, 0.6) is 5.75 Å². The summed E-state index contributed by atoms with van der Waals surface area (Å²) in [5, 5.41) is 9.05. The van der Waals surface area contributed by atoms with Crippen molar-refractivity contribution in [3.63, 3.8) is 0 Å². The summed E-state index contributed by atoms with van der Waals surface area (Å²) in [6, 6.07) is 15.7. The van der Waals surface area contributed by atoms with E-state index in [1.165, 1.54) is 17.0 Å². The lowest BCUT2D eigenvalue weighted by atomic mass is 9.89. The summed E-state index contributed by atoms with van der Waals surface area (Å²) in [7, 11) is -1.77. The van der Waals surface area contributed by atoms with E-state index in [4.69, 9.17) is 9.72 Å². The molecule has 1 aromatic heterocycles. The molecule has 0 spiro atoms. The first-order valence-electron chi connectivity index (χ1n) is 23.3. The number of rotatable bonds is 13. The number of methoxy groups -OCH3 is 1. The van der Waals surface area contributed by atoms with Crippen molar-refractivity contribution in [3.05, 3.63) is 81.7 Å². The quantitative estimate of drug-likeness (QED) is 0.119. The molecule has 0 saturated carbocycles. The number of nitrogens with one attached hydrogen (secondary N) is 3. The lowest BCUT2D eigenvalue weighted by molar-refractivity contribution is -0.134.